The number of para-hydroxylation sites is 1. The topological polar surface area (TPSA) is 74.2 Å². The first-order valence-electron chi connectivity index (χ1n) is 6.99. The van der Waals surface area contributed by atoms with E-state index in [9.17, 15) is 9.90 Å². The molecule has 1 atom stereocenters. The van der Waals surface area contributed by atoms with Gasteiger partial charge >= 0.3 is 6.03 Å². The summed E-state index contributed by atoms with van der Waals surface area (Å²) in [6.45, 7) is 0.326. The quantitative estimate of drug-likeness (QED) is 0.766. The monoisotopic (exact) mass is 319 g/mol. The predicted octanol–water partition coefficient (Wildman–Crippen LogP) is 2.71. The van der Waals surface area contributed by atoms with Gasteiger partial charge in [-0.15, -0.1) is 0 Å². The van der Waals surface area contributed by atoms with Crippen molar-refractivity contribution in [3.8, 4) is 0 Å². The Labute approximate surface area is 134 Å². The first kappa shape index (κ1) is 16.3. The number of carbonyl (C=O) groups is 1. The molecule has 0 unspecified atom stereocenters. The summed E-state index contributed by atoms with van der Waals surface area (Å²) in [6.07, 6.45) is 2.31. The first-order chi connectivity index (χ1) is 10.7. The van der Waals surface area contributed by atoms with Gasteiger partial charge in [0.15, 0.2) is 0 Å². The highest BCUT2D eigenvalue weighted by Gasteiger charge is 2.12. The number of aromatic nitrogens is 1. The van der Waals surface area contributed by atoms with E-state index >= 15 is 0 Å². The number of hydrogen-bond acceptors (Lipinski definition) is 3. The Kier molecular flexibility index (Phi) is 6.18. The van der Waals surface area contributed by atoms with Gasteiger partial charge in [0.2, 0.25) is 0 Å². The Morgan fingerprint density at radius 1 is 1.23 bits per heavy atom. The third kappa shape index (κ3) is 5.02. The Balaban J connectivity index is 1.83. The van der Waals surface area contributed by atoms with Crippen molar-refractivity contribution in [3.63, 3.8) is 0 Å². The van der Waals surface area contributed by atoms with E-state index in [1.807, 2.05) is 18.2 Å². The molecule has 0 fully saturated rings. The number of halogens is 1. The zero-order valence-corrected chi connectivity index (χ0v) is 12.8. The maximum absolute atomic E-state index is 11.9. The van der Waals surface area contributed by atoms with Crippen LogP contribution in [-0.2, 0) is 6.42 Å². The van der Waals surface area contributed by atoms with Gasteiger partial charge in [-0.2, -0.15) is 0 Å². The third-order valence-electron chi connectivity index (χ3n) is 3.16. The minimum Gasteiger partial charge on any atom is -0.396 e. The number of urea groups is 1. The van der Waals surface area contributed by atoms with E-state index in [1.54, 1.807) is 30.5 Å². The van der Waals surface area contributed by atoms with Crippen LogP contribution in [-0.4, -0.2) is 29.3 Å². The smallest absolute Gasteiger partial charge is 0.319 e. The van der Waals surface area contributed by atoms with Crippen LogP contribution in [0.5, 0.6) is 0 Å². The van der Waals surface area contributed by atoms with Crippen LogP contribution in [0.3, 0.4) is 0 Å². The van der Waals surface area contributed by atoms with Gasteiger partial charge in [-0.05, 0) is 30.7 Å². The molecule has 0 aliphatic rings. The molecule has 0 radical (unpaired) electrons. The molecule has 2 amide bonds. The number of carbonyl (C=O) groups excluding carboxylic acids is 1. The number of rotatable bonds is 6. The first-order valence-corrected chi connectivity index (χ1v) is 7.37. The van der Waals surface area contributed by atoms with Crippen molar-refractivity contribution in [2.45, 2.75) is 6.42 Å². The van der Waals surface area contributed by atoms with Crippen LogP contribution in [0.15, 0.2) is 48.7 Å². The Morgan fingerprint density at radius 2 is 2.00 bits per heavy atom. The second kappa shape index (κ2) is 8.36. The van der Waals surface area contributed by atoms with Crippen LogP contribution in [0.1, 0.15) is 5.69 Å². The molecule has 0 spiro atoms. The van der Waals surface area contributed by atoms with Gasteiger partial charge in [-0.1, -0.05) is 29.8 Å². The number of hydrogen-bond donors (Lipinski definition) is 3. The third-order valence-corrected chi connectivity index (χ3v) is 3.49. The van der Waals surface area contributed by atoms with Crippen molar-refractivity contribution in [2.75, 3.05) is 18.5 Å². The molecule has 0 bridgehead atoms. The van der Waals surface area contributed by atoms with Crippen LogP contribution in [0, 0.1) is 5.92 Å². The minimum absolute atomic E-state index is 0.0249. The van der Waals surface area contributed by atoms with E-state index in [2.05, 4.69) is 15.6 Å². The maximum atomic E-state index is 11.9. The van der Waals surface area contributed by atoms with Gasteiger partial charge in [-0.3, -0.25) is 4.98 Å². The number of nitrogens with one attached hydrogen (secondary N) is 2. The van der Waals surface area contributed by atoms with E-state index in [0.717, 1.165) is 5.69 Å². The van der Waals surface area contributed by atoms with Gasteiger partial charge < -0.3 is 15.7 Å². The predicted molar refractivity (Wildman–Crippen MR) is 87.0 cm³/mol. The average molecular weight is 320 g/mol. The molecule has 0 saturated carbocycles. The fraction of sp³-hybridized carbons (Fsp3) is 0.250. The summed E-state index contributed by atoms with van der Waals surface area (Å²) < 4.78 is 0. The molecule has 0 saturated heterocycles. The highest BCUT2D eigenvalue weighted by atomic mass is 35.5. The zero-order valence-electron chi connectivity index (χ0n) is 12.0. The summed E-state index contributed by atoms with van der Waals surface area (Å²) in [7, 11) is 0. The van der Waals surface area contributed by atoms with Crippen LogP contribution in [0.2, 0.25) is 5.02 Å². The number of benzene rings is 1. The summed E-state index contributed by atoms with van der Waals surface area (Å²) in [5.74, 6) is -0.0908. The molecular formula is C16H18ClN3O2. The Hall–Kier alpha value is -2.11. The highest BCUT2D eigenvalue weighted by molar-refractivity contribution is 6.33. The van der Waals surface area contributed by atoms with Gasteiger partial charge in [-0.25, -0.2) is 4.79 Å². The normalized spacial score (nSPS) is 11.7. The van der Waals surface area contributed by atoms with E-state index in [0.29, 0.717) is 23.7 Å². The number of nitrogens with zero attached hydrogens (tertiary/aromatic N) is 1. The zero-order chi connectivity index (χ0) is 15.8. The fourth-order valence-electron chi connectivity index (χ4n) is 1.98. The van der Waals surface area contributed by atoms with Crippen molar-refractivity contribution >= 4 is 23.3 Å². The van der Waals surface area contributed by atoms with E-state index in [1.165, 1.54) is 0 Å². The second-order valence-electron chi connectivity index (χ2n) is 4.89. The summed E-state index contributed by atoms with van der Waals surface area (Å²) in [5, 5.41) is 15.3. The van der Waals surface area contributed by atoms with Crippen molar-refractivity contribution in [2.24, 2.45) is 5.92 Å². The number of aliphatic hydroxyl groups is 1. The van der Waals surface area contributed by atoms with Crippen LogP contribution >= 0.6 is 11.6 Å². The van der Waals surface area contributed by atoms with Crippen molar-refractivity contribution < 1.29 is 9.90 Å². The number of anilines is 1. The molecule has 1 aromatic carbocycles. The second-order valence-corrected chi connectivity index (χ2v) is 5.30. The molecule has 2 rings (SSSR count). The molecular weight excluding hydrogens is 302 g/mol. The molecule has 116 valence electrons. The largest absolute Gasteiger partial charge is 0.396 e. The number of amides is 2. The highest BCUT2D eigenvalue weighted by Crippen LogP contribution is 2.20. The van der Waals surface area contributed by atoms with Gasteiger partial charge in [0, 0.05) is 31.0 Å². The molecule has 1 aromatic heterocycles. The summed E-state index contributed by atoms with van der Waals surface area (Å²) in [5.41, 5.74) is 1.43. The van der Waals surface area contributed by atoms with Crippen LogP contribution in [0.25, 0.3) is 0 Å². The Morgan fingerprint density at radius 3 is 2.68 bits per heavy atom. The molecule has 22 heavy (non-hydrogen) atoms. The standard InChI is InChI=1S/C16H18ClN3O2/c17-14-6-1-2-7-15(14)20-16(22)19-10-12(11-21)9-13-5-3-4-8-18-13/h1-8,12,21H,9-11H2,(H2,19,20,22)/t12-/m1/s1. The van der Waals surface area contributed by atoms with Crippen molar-refractivity contribution in [1.29, 1.82) is 0 Å². The molecule has 5 nitrogen and oxygen atoms in total. The summed E-state index contributed by atoms with van der Waals surface area (Å²) >= 11 is 5.97. The maximum Gasteiger partial charge on any atom is 0.319 e. The lowest BCUT2D eigenvalue weighted by Gasteiger charge is -2.15. The SMILES string of the molecule is O=C(NC[C@H](CO)Cc1ccccn1)Nc1ccccc1Cl. The Bertz CT molecular complexity index is 607. The lowest BCUT2D eigenvalue weighted by molar-refractivity contribution is 0.217. The van der Waals surface area contributed by atoms with Crippen molar-refractivity contribution in [3.05, 3.63) is 59.4 Å². The minimum atomic E-state index is -0.354. The fourth-order valence-corrected chi connectivity index (χ4v) is 2.17. The average Bonchev–Trinajstić information content (AvgIpc) is 2.54. The van der Waals surface area contributed by atoms with Crippen molar-refractivity contribution in [1.82, 2.24) is 10.3 Å². The lowest BCUT2D eigenvalue weighted by atomic mass is 10.0. The summed E-state index contributed by atoms with van der Waals surface area (Å²) in [6, 6.07) is 12.3. The van der Waals surface area contributed by atoms with Gasteiger partial charge in [0.25, 0.3) is 0 Å². The molecule has 1 heterocycles. The molecule has 0 aliphatic carbocycles. The van der Waals surface area contributed by atoms with Crippen LogP contribution in [0.4, 0.5) is 10.5 Å². The molecule has 6 heteroatoms. The number of pyridine rings is 1. The molecule has 0 aliphatic heterocycles. The van der Waals surface area contributed by atoms with E-state index < -0.39 is 0 Å². The number of aliphatic hydroxyl groups excluding tert-OH is 1. The molecule has 3 N–H and O–H groups in total. The van der Waals surface area contributed by atoms with E-state index in [4.69, 9.17) is 11.6 Å². The van der Waals surface area contributed by atoms with E-state index in [-0.39, 0.29) is 18.6 Å². The summed E-state index contributed by atoms with van der Waals surface area (Å²) in [4.78, 5) is 16.1. The van der Waals surface area contributed by atoms with Crippen LogP contribution < -0.4 is 10.6 Å². The van der Waals surface area contributed by atoms with Gasteiger partial charge in [0.05, 0.1) is 10.7 Å². The molecule has 2 aromatic rings. The lowest BCUT2D eigenvalue weighted by Crippen LogP contribution is -2.35. The van der Waals surface area contributed by atoms with Gasteiger partial charge in [0.1, 0.15) is 0 Å².